The summed E-state index contributed by atoms with van der Waals surface area (Å²) in [5.74, 6) is 1.71. The molecule has 3 atom stereocenters. The van der Waals surface area contributed by atoms with Crippen LogP contribution in [0.4, 0.5) is 0 Å². The van der Waals surface area contributed by atoms with Gasteiger partial charge in [0.15, 0.2) is 0 Å². The fraction of sp³-hybridized carbons (Fsp3) is 1.00. The third kappa shape index (κ3) is 3.46. The van der Waals surface area contributed by atoms with Gasteiger partial charge in [-0.1, -0.05) is 19.8 Å². The van der Waals surface area contributed by atoms with E-state index in [1.54, 1.807) is 0 Å². The molecule has 3 N–H and O–H groups in total. The molecule has 0 aromatic carbocycles. The monoisotopic (exact) mass is 224 g/mol. The molecule has 0 aromatic heterocycles. The second kappa shape index (κ2) is 5.05. The minimum atomic E-state index is 0.0396. The normalized spacial score (nSPS) is 35.4. The smallest absolute Gasteiger partial charge is 0.0280 e. The lowest BCUT2D eigenvalue weighted by molar-refractivity contribution is 0.340. The standard InChI is InChI=1S/C14H28N2/c1-11-4-3-5-13(9-6-11)16-10-14(2,15)12-7-8-12/h11-13,16H,3-10,15H2,1-2H3. The fourth-order valence-electron chi connectivity index (χ4n) is 2.94. The Bertz CT molecular complexity index is 221. The average Bonchev–Trinajstić information content (AvgIpc) is 3.02. The van der Waals surface area contributed by atoms with Gasteiger partial charge in [-0.15, -0.1) is 0 Å². The van der Waals surface area contributed by atoms with Crippen molar-refractivity contribution in [2.24, 2.45) is 17.6 Å². The van der Waals surface area contributed by atoms with Crippen LogP contribution in [0.5, 0.6) is 0 Å². The van der Waals surface area contributed by atoms with Gasteiger partial charge < -0.3 is 11.1 Å². The molecule has 3 unspecified atom stereocenters. The van der Waals surface area contributed by atoms with Crippen LogP contribution in [-0.2, 0) is 0 Å². The molecule has 0 heterocycles. The highest BCUT2D eigenvalue weighted by Crippen LogP contribution is 2.37. The first-order valence-electron chi connectivity index (χ1n) is 7.10. The molecule has 0 saturated heterocycles. The van der Waals surface area contributed by atoms with Gasteiger partial charge in [-0.2, -0.15) is 0 Å². The quantitative estimate of drug-likeness (QED) is 0.721. The van der Waals surface area contributed by atoms with Crippen LogP contribution >= 0.6 is 0 Å². The Morgan fingerprint density at radius 3 is 2.56 bits per heavy atom. The summed E-state index contributed by atoms with van der Waals surface area (Å²) in [4.78, 5) is 0. The predicted octanol–water partition coefficient (Wildman–Crippen LogP) is 2.67. The molecule has 0 amide bonds. The molecule has 0 bridgehead atoms. The minimum Gasteiger partial charge on any atom is -0.324 e. The predicted molar refractivity (Wildman–Crippen MR) is 69.4 cm³/mol. The topological polar surface area (TPSA) is 38.0 Å². The van der Waals surface area contributed by atoms with Crippen LogP contribution < -0.4 is 11.1 Å². The highest BCUT2D eigenvalue weighted by Gasteiger charge is 2.38. The van der Waals surface area contributed by atoms with Gasteiger partial charge in [-0.3, -0.25) is 0 Å². The second-order valence-electron chi connectivity index (χ2n) is 6.47. The molecular formula is C14H28N2. The Morgan fingerprint density at radius 2 is 1.88 bits per heavy atom. The first kappa shape index (κ1) is 12.4. The zero-order chi connectivity index (χ0) is 11.6. The Hall–Kier alpha value is -0.0800. The molecule has 0 spiro atoms. The molecule has 0 aromatic rings. The maximum Gasteiger partial charge on any atom is 0.0280 e. The van der Waals surface area contributed by atoms with Crippen LogP contribution in [0.3, 0.4) is 0 Å². The van der Waals surface area contributed by atoms with E-state index in [4.69, 9.17) is 5.73 Å². The van der Waals surface area contributed by atoms with Crippen LogP contribution in [0.1, 0.15) is 58.8 Å². The number of rotatable bonds is 4. The molecule has 2 aliphatic rings. The number of hydrogen-bond acceptors (Lipinski definition) is 2. The lowest BCUT2D eigenvalue weighted by atomic mass is 9.96. The van der Waals surface area contributed by atoms with Crippen LogP contribution in [0.2, 0.25) is 0 Å². The summed E-state index contributed by atoms with van der Waals surface area (Å²) in [5.41, 5.74) is 6.38. The van der Waals surface area contributed by atoms with E-state index in [2.05, 4.69) is 19.2 Å². The molecule has 2 fully saturated rings. The lowest BCUT2D eigenvalue weighted by Gasteiger charge is -2.28. The van der Waals surface area contributed by atoms with Gasteiger partial charge in [-0.05, 0) is 50.9 Å². The van der Waals surface area contributed by atoms with Gasteiger partial charge in [0.2, 0.25) is 0 Å². The first-order chi connectivity index (χ1) is 7.58. The van der Waals surface area contributed by atoms with E-state index in [0.29, 0.717) is 0 Å². The van der Waals surface area contributed by atoms with Gasteiger partial charge in [0.1, 0.15) is 0 Å². The Labute approximate surface area is 100 Å². The van der Waals surface area contributed by atoms with Crippen LogP contribution in [0.25, 0.3) is 0 Å². The van der Waals surface area contributed by atoms with E-state index in [9.17, 15) is 0 Å². The zero-order valence-corrected chi connectivity index (χ0v) is 11.0. The Kier molecular flexibility index (Phi) is 3.91. The molecule has 0 aliphatic heterocycles. The van der Waals surface area contributed by atoms with Crippen molar-refractivity contribution in [1.29, 1.82) is 0 Å². The highest BCUT2D eigenvalue weighted by atomic mass is 15.0. The molecule has 16 heavy (non-hydrogen) atoms. The summed E-state index contributed by atoms with van der Waals surface area (Å²) in [6.07, 6.45) is 9.59. The van der Waals surface area contributed by atoms with Crippen molar-refractivity contribution in [2.45, 2.75) is 70.4 Å². The van der Waals surface area contributed by atoms with Gasteiger partial charge >= 0.3 is 0 Å². The Morgan fingerprint density at radius 1 is 1.12 bits per heavy atom. The average molecular weight is 224 g/mol. The third-order valence-electron chi connectivity index (χ3n) is 4.54. The van der Waals surface area contributed by atoms with Gasteiger partial charge in [0.25, 0.3) is 0 Å². The van der Waals surface area contributed by atoms with Crippen molar-refractivity contribution in [3.05, 3.63) is 0 Å². The van der Waals surface area contributed by atoms with E-state index in [1.807, 2.05) is 0 Å². The van der Waals surface area contributed by atoms with E-state index < -0.39 is 0 Å². The van der Waals surface area contributed by atoms with Gasteiger partial charge in [-0.25, -0.2) is 0 Å². The molecule has 2 rings (SSSR count). The number of nitrogens with two attached hydrogens (primary N) is 1. The highest BCUT2D eigenvalue weighted by molar-refractivity contribution is 4.97. The van der Waals surface area contributed by atoms with Crippen LogP contribution in [0, 0.1) is 11.8 Å². The summed E-state index contributed by atoms with van der Waals surface area (Å²) < 4.78 is 0. The summed E-state index contributed by atoms with van der Waals surface area (Å²) in [5, 5.41) is 3.72. The SMILES string of the molecule is CC1CCCC(NCC(C)(N)C2CC2)CC1. The third-order valence-corrected chi connectivity index (χ3v) is 4.54. The van der Waals surface area contributed by atoms with Gasteiger partial charge in [0.05, 0.1) is 0 Å². The van der Waals surface area contributed by atoms with E-state index >= 15 is 0 Å². The zero-order valence-electron chi connectivity index (χ0n) is 11.0. The second-order valence-corrected chi connectivity index (χ2v) is 6.47. The summed E-state index contributed by atoms with van der Waals surface area (Å²) in [6, 6.07) is 0.728. The molecular weight excluding hydrogens is 196 g/mol. The van der Waals surface area contributed by atoms with Crippen molar-refractivity contribution in [3.8, 4) is 0 Å². The summed E-state index contributed by atoms with van der Waals surface area (Å²) in [6.45, 7) is 5.62. The van der Waals surface area contributed by atoms with E-state index in [1.165, 1.54) is 44.9 Å². The largest absolute Gasteiger partial charge is 0.324 e. The molecule has 2 nitrogen and oxygen atoms in total. The molecule has 94 valence electrons. The minimum absolute atomic E-state index is 0.0396. The summed E-state index contributed by atoms with van der Waals surface area (Å²) in [7, 11) is 0. The van der Waals surface area contributed by atoms with Crippen molar-refractivity contribution < 1.29 is 0 Å². The van der Waals surface area contributed by atoms with Crippen molar-refractivity contribution >= 4 is 0 Å². The lowest BCUT2D eigenvalue weighted by Crippen LogP contribution is -2.50. The molecule has 2 saturated carbocycles. The van der Waals surface area contributed by atoms with Crippen molar-refractivity contribution in [2.75, 3.05) is 6.54 Å². The van der Waals surface area contributed by atoms with Crippen molar-refractivity contribution in [3.63, 3.8) is 0 Å². The summed E-state index contributed by atoms with van der Waals surface area (Å²) >= 11 is 0. The maximum atomic E-state index is 6.34. The molecule has 0 radical (unpaired) electrons. The number of nitrogens with one attached hydrogen (secondary N) is 1. The number of hydrogen-bond donors (Lipinski definition) is 2. The Balaban J connectivity index is 1.72. The van der Waals surface area contributed by atoms with Crippen molar-refractivity contribution in [1.82, 2.24) is 5.32 Å². The van der Waals surface area contributed by atoms with Crippen LogP contribution in [-0.4, -0.2) is 18.1 Å². The van der Waals surface area contributed by atoms with Crippen LogP contribution in [0.15, 0.2) is 0 Å². The van der Waals surface area contributed by atoms with E-state index in [-0.39, 0.29) is 5.54 Å². The fourth-order valence-corrected chi connectivity index (χ4v) is 2.94. The van der Waals surface area contributed by atoms with Gasteiger partial charge in [0, 0.05) is 18.1 Å². The first-order valence-corrected chi connectivity index (χ1v) is 7.10. The van der Waals surface area contributed by atoms with E-state index in [0.717, 1.165) is 24.4 Å². The molecule has 2 heteroatoms. The molecule has 2 aliphatic carbocycles. The maximum absolute atomic E-state index is 6.34.